The Morgan fingerprint density at radius 2 is 2.14 bits per heavy atom. The van der Waals surface area contributed by atoms with Crippen LogP contribution < -0.4 is 5.43 Å². The van der Waals surface area contributed by atoms with Crippen molar-refractivity contribution in [2.45, 2.75) is 6.92 Å². The highest BCUT2D eigenvalue weighted by molar-refractivity contribution is 8.40. The van der Waals surface area contributed by atoms with Gasteiger partial charge < -0.3 is 9.64 Å². The fraction of sp³-hybridized carbons (Fsp3) is 0.400. The van der Waals surface area contributed by atoms with E-state index in [0.29, 0.717) is 0 Å². The summed E-state index contributed by atoms with van der Waals surface area (Å²) >= 11 is 0. The molecule has 3 amide bonds. The van der Waals surface area contributed by atoms with Gasteiger partial charge in [0.05, 0.1) is 14.4 Å². The zero-order valence-corrected chi connectivity index (χ0v) is 13.3. The maximum atomic E-state index is 11.9. The van der Waals surface area contributed by atoms with Crippen molar-refractivity contribution in [1.82, 2.24) is 15.3 Å². The van der Waals surface area contributed by atoms with Gasteiger partial charge in [0, 0.05) is 14.1 Å². The summed E-state index contributed by atoms with van der Waals surface area (Å²) in [4.78, 5) is 28.6. The van der Waals surface area contributed by atoms with Gasteiger partial charge >= 0.3 is 12.1 Å². The van der Waals surface area contributed by atoms with Crippen LogP contribution in [0.25, 0.3) is 0 Å². The predicted octanol–water partition coefficient (Wildman–Crippen LogP) is -0.271. The van der Waals surface area contributed by atoms with Crippen LogP contribution in [0.2, 0.25) is 0 Å². The molecule has 1 heterocycles. The summed E-state index contributed by atoms with van der Waals surface area (Å²) in [6.45, 7) is 4.82. The van der Waals surface area contributed by atoms with Crippen LogP contribution in [0.1, 0.15) is 6.92 Å². The number of ether oxygens (including phenoxy) is 1. The topological polar surface area (TPSA) is 108 Å². The fourth-order valence-corrected chi connectivity index (χ4v) is 3.87. The van der Waals surface area contributed by atoms with Crippen molar-refractivity contribution in [3.63, 3.8) is 0 Å². The first kappa shape index (κ1) is 17.2. The molecule has 0 radical (unpaired) electrons. The second-order valence-corrected chi connectivity index (χ2v) is 7.65. The minimum absolute atomic E-state index is 0.0563. The normalized spacial score (nSPS) is 17.0. The molecule has 1 aliphatic heterocycles. The average Bonchev–Trinajstić information content (AvgIpc) is 2.72. The summed E-state index contributed by atoms with van der Waals surface area (Å²) in [6.07, 6.45) is 0.484. The molecular weight excluding hydrogens is 320 g/mol. The molecule has 0 spiro atoms. The maximum Gasteiger partial charge on any atom is 0.428 e. The molecule has 0 saturated carbocycles. The Labute approximate surface area is 124 Å². The first-order valence-corrected chi connectivity index (χ1v) is 8.43. The van der Waals surface area contributed by atoms with Crippen LogP contribution in [0.4, 0.5) is 9.59 Å². The van der Waals surface area contributed by atoms with Gasteiger partial charge in [-0.15, -0.1) is 0 Å². The number of urea groups is 1. The molecular formula is C10H15N4O5S2-. The maximum absolute atomic E-state index is 11.9. The van der Waals surface area contributed by atoms with Crippen molar-refractivity contribution in [3.8, 4) is 0 Å². The molecule has 0 aromatic rings. The van der Waals surface area contributed by atoms with Crippen molar-refractivity contribution in [1.29, 1.82) is 0 Å². The molecule has 0 bridgehead atoms. The molecule has 11 heteroatoms. The standard InChI is InChI=1S/C10H15N4O5S2/c1-5-6-19-10(16)14-9(11-8(15)13(3)4)20(21(17)18)7(2)12-14/h5,12H,1,6H2,2-4H3/q-1. The number of hydrogen-bond donors (Lipinski definition) is 1. The van der Waals surface area contributed by atoms with Crippen LogP contribution in [-0.4, -0.2) is 61.3 Å². The van der Waals surface area contributed by atoms with Gasteiger partial charge in [-0.05, 0) is 0 Å². The Morgan fingerprint density at radius 3 is 2.62 bits per heavy atom. The highest BCUT2D eigenvalue weighted by atomic mass is 32.8. The fourth-order valence-electron chi connectivity index (χ4n) is 1.22. The number of carbonyl (C=O) groups is 2. The van der Waals surface area contributed by atoms with E-state index < -0.39 is 30.4 Å². The molecule has 1 rings (SSSR count). The Balaban J connectivity index is 3.32. The highest BCUT2D eigenvalue weighted by Crippen LogP contribution is 2.05. The lowest BCUT2D eigenvalue weighted by Crippen LogP contribution is -2.44. The van der Waals surface area contributed by atoms with E-state index in [0.717, 1.165) is 9.91 Å². The summed E-state index contributed by atoms with van der Waals surface area (Å²) in [5.41, 5.74) is 2.55. The molecule has 0 atom stereocenters. The zero-order valence-electron chi connectivity index (χ0n) is 11.7. The lowest BCUT2D eigenvalue weighted by molar-refractivity contribution is 0.129. The molecule has 0 aliphatic carbocycles. The second-order valence-electron chi connectivity index (χ2n) is 3.91. The van der Waals surface area contributed by atoms with E-state index >= 15 is 0 Å². The number of rotatable bonds is 2. The van der Waals surface area contributed by atoms with Crippen LogP contribution in [0.5, 0.6) is 0 Å². The minimum atomic E-state index is -2.57. The Morgan fingerprint density at radius 1 is 1.52 bits per heavy atom. The second kappa shape index (κ2) is 7.24. The van der Waals surface area contributed by atoms with Gasteiger partial charge in [0.15, 0.2) is 0 Å². The van der Waals surface area contributed by atoms with E-state index in [2.05, 4.69) is 17.0 Å². The molecule has 1 aliphatic rings. The van der Waals surface area contributed by atoms with E-state index in [9.17, 15) is 18.0 Å². The molecule has 0 fully saturated rings. The molecule has 9 nitrogen and oxygen atoms in total. The largest absolute Gasteiger partial charge is 0.444 e. The van der Waals surface area contributed by atoms with E-state index in [-0.39, 0.29) is 16.8 Å². The SMILES string of the molecule is C=CCOC(=O)N1NC(C)=[S-](=S(=O)=O)C1=NC(=O)N(C)C. The summed E-state index contributed by atoms with van der Waals surface area (Å²) in [6, 6.07) is -0.689. The van der Waals surface area contributed by atoms with Crippen LogP contribution >= 0.6 is 0 Å². The molecule has 0 aromatic carbocycles. The number of amides is 3. The Hall–Kier alpha value is -1.85. The minimum Gasteiger partial charge on any atom is -0.444 e. The van der Waals surface area contributed by atoms with Gasteiger partial charge in [0.1, 0.15) is 6.61 Å². The lowest BCUT2D eigenvalue weighted by Gasteiger charge is -2.20. The van der Waals surface area contributed by atoms with Gasteiger partial charge in [-0.1, -0.05) is 24.6 Å². The summed E-state index contributed by atoms with van der Waals surface area (Å²) < 4.78 is 27.4. The molecule has 0 saturated heterocycles. The molecule has 118 valence electrons. The smallest absolute Gasteiger partial charge is 0.428 e. The quantitative estimate of drug-likeness (QED) is 0.423. The number of hydrazine groups is 1. The van der Waals surface area contributed by atoms with E-state index in [1.807, 2.05) is 0 Å². The van der Waals surface area contributed by atoms with Crippen molar-refractivity contribution in [2.24, 2.45) is 4.99 Å². The predicted molar refractivity (Wildman–Crippen MR) is 80.0 cm³/mol. The van der Waals surface area contributed by atoms with Crippen LogP contribution in [-0.2, 0) is 23.0 Å². The van der Waals surface area contributed by atoms with Gasteiger partial charge in [-0.25, -0.2) is 33.4 Å². The van der Waals surface area contributed by atoms with Gasteiger partial charge in [-0.3, -0.25) is 9.04 Å². The number of carbonyl (C=O) groups excluding carboxylic acids is 2. The number of aliphatic imine (C=N–C) groups is 1. The van der Waals surface area contributed by atoms with Crippen molar-refractivity contribution >= 4 is 40.6 Å². The third kappa shape index (κ3) is 4.06. The number of amidine groups is 1. The molecule has 0 aromatic heterocycles. The third-order valence-corrected chi connectivity index (χ3v) is 5.66. The van der Waals surface area contributed by atoms with Gasteiger partial charge in [-0.2, -0.15) is 0 Å². The van der Waals surface area contributed by atoms with E-state index in [1.54, 1.807) is 0 Å². The lowest BCUT2D eigenvalue weighted by atomic mass is 10.7. The number of nitrogens with one attached hydrogen (secondary N) is 1. The zero-order chi connectivity index (χ0) is 16.2. The van der Waals surface area contributed by atoms with Gasteiger partial charge in [0.25, 0.3) is 0 Å². The van der Waals surface area contributed by atoms with Crippen molar-refractivity contribution < 1.29 is 22.7 Å². The summed E-state index contributed by atoms with van der Waals surface area (Å²) in [5, 5.41) is 0.577. The number of nitrogens with zero attached hydrogens (tertiary/aromatic N) is 3. The average molecular weight is 335 g/mol. The molecule has 1 N–H and O–H groups in total. The Bertz CT molecular complexity index is 693. The third-order valence-electron chi connectivity index (χ3n) is 2.12. The first-order chi connectivity index (χ1) is 9.79. The van der Waals surface area contributed by atoms with E-state index in [4.69, 9.17) is 4.74 Å². The monoisotopic (exact) mass is 335 g/mol. The van der Waals surface area contributed by atoms with E-state index in [1.165, 1.54) is 27.1 Å². The van der Waals surface area contributed by atoms with Crippen LogP contribution in [0, 0.1) is 0 Å². The van der Waals surface area contributed by atoms with Crippen LogP contribution in [0.3, 0.4) is 0 Å². The van der Waals surface area contributed by atoms with Crippen molar-refractivity contribution in [2.75, 3.05) is 20.7 Å². The first-order valence-electron chi connectivity index (χ1n) is 5.61. The number of hydrogen-bond acceptors (Lipinski definition) is 7. The molecule has 0 unspecified atom stereocenters. The molecule has 21 heavy (non-hydrogen) atoms. The highest BCUT2D eigenvalue weighted by Gasteiger charge is 2.22. The Kier molecular flexibility index (Phi) is 5.93. The van der Waals surface area contributed by atoms with Gasteiger partial charge in [0.2, 0.25) is 0 Å². The van der Waals surface area contributed by atoms with Crippen LogP contribution in [0.15, 0.2) is 17.6 Å². The summed E-state index contributed by atoms with van der Waals surface area (Å²) in [5.74, 6) is 0. The summed E-state index contributed by atoms with van der Waals surface area (Å²) in [7, 11) is -1.18. The van der Waals surface area contributed by atoms with Crippen molar-refractivity contribution in [3.05, 3.63) is 12.7 Å².